The molecule has 176 valence electrons. The van der Waals surface area contributed by atoms with Crippen LogP contribution < -0.4 is 22.1 Å². The van der Waals surface area contributed by atoms with E-state index in [0.29, 0.717) is 35.7 Å². The summed E-state index contributed by atoms with van der Waals surface area (Å²) < 4.78 is 1.60. The number of guanidine groups is 1. The number of benzene rings is 1. The summed E-state index contributed by atoms with van der Waals surface area (Å²) in [5, 5.41) is 9.75. The number of fused-ring (bicyclic) bond motifs is 1. The van der Waals surface area contributed by atoms with E-state index in [1.54, 1.807) is 11.3 Å². The maximum atomic E-state index is 13.0. The molecule has 1 aromatic carbocycles. The van der Waals surface area contributed by atoms with Crippen molar-refractivity contribution in [1.29, 1.82) is 0 Å². The molecular formula is C22H23IN8O2S. The summed E-state index contributed by atoms with van der Waals surface area (Å²) in [5.74, 6) is 0.0469. The van der Waals surface area contributed by atoms with Crippen LogP contribution in [0.4, 0.5) is 11.6 Å². The second kappa shape index (κ2) is 8.98. The van der Waals surface area contributed by atoms with Crippen molar-refractivity contribution in [2.45, 2.75) is 24.8 Å². The largest absolute Gasteiger partial charge is 0.382 e. The molecule has 10 nitrogen and oxygen atoms in total. The molecule has 12 heteroatoms. The van der Waals surface area contributed by atoms with Gasteiger partial charge in [-0.3, -0.25) is 9.59 Å². The SMILES string of the molecule is Nc1nc(N)c(C(=O)/N=C2\NCC3(CCN(C(=O)Cc4csc5ccccc45)CC3)N2)nc1I. The summed E-state index contributed by atoms with van der Waals surface area (Å²) in [7, 11) is 0. The summed E-state index contributed by atoms with van der Waals surface area (Å²) in [4.78, 5) is 39.6. The minimum atomic E-state index is -0.592. The van der Waals surface area contributed by atoms with Crippen molar-refractivity contribution >= 4 is 73.4 Å². The first-order valence-corrected chi connectivity index (χ1v) is 12.8. The number of thiophene rings is 1. The molecule has 0 atom stereocenters. The fraction of sp³-hybridized carbons (Fsp3) is 0.318. The van der Waals surface area contributed by atoms with Gasteiger partial charge in [-0.2, -0.15) is 4.99 Å². The Balaban J connectivity index is 1.20. The molecule has 34 heavy (non-hydrogen) atoms. The first-order valence-electron chi connectivity index (χ1n) is 10.8. The number of piperidine rings is 1. The normalized spacial score (nSPS) is 18.3. The summed E-state index contributed by atoms with van der Waals surface area (Å²) in [5.41, 5.74) is 12.3. The number of hydrogen-bond acceptors (Lipinski definition) is 7. The Labute approximate surface area is 213 Å². The Hall–Kier alpha value is -3.00. The van der Waals surface area contributed by atoms with E-state index in [1.165, 1.54) is 4.70 Å². The topological polar surface area (TPSA) is 152 Å². The van der Waals surface area contributed by atoms with Gasteiger partial charge in [0.1, 0.15) is 3.70 Å². The van der Waals surface area contributed by atoms with E-state index < -0.39 is 5.91 Å². The molecule has 6 N–H and O–H groups in total. The molecule has 2 fully saturated rings. The minimum Gasteiger partial charge on any atom is -0.382 e. The number of nitrogens with two attached hydrogens (primary N) is 2. The summed E-state index contributed by atoms with van der Waals surface area (Å²) >= 11 is 3.57. The molecule has 0 unspecified atom stereocenters. The number of aromatic nitrogens is 2. The Bertz CT molecular complexity index is 1320. The highest BCUT2D eigenvalue weighted by molar-refractivity contribution is 14.1. The lowest BCUT2D eigenvalue weighted by Gasteiger charge is -2.38. The Kier molecular flexibility index (Phi) is 6.02. The number of carbonyl (C=O) groups excluding carboxylic acids is 2. The number of anilines is 2. The highest BCUT2D eigenvalue weighted by Crippen LogP contribution is 2.28. The third-order valence-corrected chi connectivity index (χ3v) is 8.08. The Morgan fingerprint density at radius 3 is 2.74 bits per heavy atom. The summed E-state index contributed by atoms with van der Waals surface area (Å²) in [6, 6.07) is 8.17. The highest BCUT2D eigenvalue weighted by atomic mass is 127. The van der Waals surface area contributed by atoms with Crippen LogP contribution >= 0.6 is 33.9 Å². The molecular weight excluding hydrogens is 567 g/mol. The van der Waals surface area contributed by atoms with Crippen molar-refractivity contribution in [3.63, 3.8) is 0 Å². The highest BCUT2D eigenvalue weighted by Gasteiger charge is 2.40. The number of hydrogen-bond donors (Lipinski definition) is 4. The minimum absolute atomic E-state index is 0.0305. The zero-order chi connectivity index (χ0) is 23.9. The summed E-state index contributed by atoms with van der Waals surface area (Å²) in [6.07, 6.45) is 1.92. The molecule has 2 aromatic heterocycles. The number of aliphatic imine (C=N–C) groups is 1. The lowest BCUT2D eigenvalue weighted by atomic mass is 9.88. The molecule has 0 radical (unpaired) electrons. The van der Waals surface area contributed by atoms with Crippen LogP contribution in [0.3, 0.4) is 0 Å². The predicted molar refractivity (Wildman–Crippen MR) is 141 cm³/mol. The molecule has 2 saturated heterocycles. The number of nitrogen functional groups attached to an aromatic ring is 2. The molecule has 5 rings (SSSR count). The third-order valence-electron chi connectivity index (χ3n) is 6.27. The smallest absolute Gasteiger partial charge is 0.302 e. The van der Waals surface area contributed by atoms with Crippen molar-refractivity contribution in [3.8, 4) is 0 Å². The van der Waals surface area contributed by atoms with Gasteiger partial charge in [-0.25, -0.2) is 9.97 Å². The average molecular weight is 590 g/mol. The molecule has 2 aliphatic rings. The Morgan fingerprint density at radius 2 is 1.94 bits per heavy atom. The van der Waals surface area contributed by atoms with E-state index in [1.807, 2.05) is 39.6 Å². The maximum absolute atomic E-state index is 13.0. The zero-order valence-electron chi connectivity index (χ0n) is 18.2. The van der Waals surface area contributed by atoms with Gasteiger partial charge in [0, 0.05) is 24.3 Å². The van der Waals surface area contributed by atoms with Crippen LogP contribution in [0.2, 0.25) is 0 Å². The average Bonchev–Trinajstić information content (AvgIpc) is 3.41. The van der Waals surface area contributed by atoms with Crippen LogP contribution in [-0.4, -0.2) is 57.8 Å². The molecule has 2 amide bonds. The molecule has 3 aromatic rings. The van der Waals surface area contributed by atoms with Crippen LogP contribution in [0.15, 0.2) is 34.6 Å². The second-order valence-corrected chi connectivity index (χ2v) is 10.4. The number of nitrogens with one attached hydrogen (secondary N) is 2. The monoisotopic (exact) mass is 590 g/mol. The fourth-order valence-electron chi connectivity index (χ4n) is 4.34. The number of halogens is 1. The molecule has 0 saturated carbocycles. The van der Waals surface area contributed by atoms with E-state index in [9.17, 15) is 9.59 Å². The van der Waals surface area contributed by atoms with Crippen molar-refractivity contribution in [3.05, 3.63) is 44.6 Å². The Morgan fingerprint density at radius 1 is 1.18 bits per heavy atom. The standard InChI is InChI=1S/C22H23IN8O2S/c23-17-19(25)28-18(24)16(27-17)20(33)29-21-26-11-22(30-21)5-7-31(8-6-22)15(32)9-12-10-34-14-4-2-1-3-13(12)14/h1-4,10H,5-9,11H2,(H4,24,25,28)(H2,26,29,30,33). The van der Waals surface area contributed by atoms with Crippen LogP contribution in [-0.2, 0) is 11.2 Å². The van der Waals surface area contributed by atoms with E-state index in [2.05, 4.69) is 43.1 Å². The van der Waals surface area contributed by atoms with Gasteiger partial charge in [0.15, 0.2) is 23.3 Å². The van der Waals surface area contributed by atoms with Crippen LogP contribution in [0.5, 0.6) is 0 Å². The number of carbonyl (C=O) groups is 2. The number of amides is 2. The van der Waals surface area contributed by atoms with Gasteiger partial charge in [-0.15, -0.1) is 11.3 Å². The van der Waals surface area contributed by atoms with Gasteiger partial charge < -0.3 is 27.0 Å². The number of likely N-dealkylation sites (tertiary alicyclic amines) is 1. The molecule has 0 aliphatic carbocycles. The van der Waals surface area contributed by atoms with Gasteiger partial charge in [0.05, 0.1) is 12.0 Å². The van der Waals surface area contributed by atoms with Crippen molar-refractivity contribution in [1.82, 2.24) is 25.5 Å². The first kappa shape index (κ1) is 22.8. The molecule has 4 heterocycles. The van der Waals surface area contributed by atoms with Gasteiger partial charge in [0.2, 0.25) is 5.91 Å². The zero-order valence-corrected chi connectivity index (χ0v) is 21.1. The molecule has 1 spiro atoms. The lowest BCUT2D eigenvalue weighted by Crippen LogP contribution is -2.54. The second-order valence-electron chi connectivity index (χ2n) is 8.47. The van der Waals surface area contributed by atoms with Crippen LogP contribution in [0, 0.1) is 3.70 Å². The van der Waals surface area contributed by atoms with E-state index in [-0.39, 0.29) is 28.8 Å². The van der Waals surface area contributed by atoms with E-state index in [0.717, 1.165) is 23.8 Å². The number of nitrogens with zero attached hydrogens (tertiary/aromatic N) is 4. The fourth-order valence-corrected chi connectivity index (χ4v) is 5.67. The first-order chi connectivity index (χ1) is 16.3. The van der Waals surface area contributed by atoms with Crippen molar-refractivity contribution in [2.24, 2.45) is 4.99 Å². The van der Waals surface area contributed by atoms with Crippen molar-refractivity contribution in [2.75, 3.05) is 31.1 Å². The van der Waals surface area contributed by atoms with Crippen LogP contribution in [0.1, 0.15) is 28.9 Å². The number of rotatable bonds is 3. The van der Waals surface area contributed by atoms with E-state index >= 15 is 0 Å². The third kappa shape index (κ3) is 4.39. The summed E-state index contributed by atoms with van der Waals surface area (Å²) in [6.45, 7) is 1.91. The lowest BCUT2D eigenvalue weighted by molar-refractivity contribution is -0.132. The van der Waals surface area contributed by atoms with E-state index in [4.69, 9.17) is 11.5 Å². The quantitative estimate of drug-likeness (QED) is 0.337. The van der Waals surface area contributed by atoms with Gasteiger partial charge >= 0.3 is 5.91 Å². The van der Waals surface area contributed by atoms with Gasteiger partial charge in [0.25, 0.3) is 0 Å². The molecule has 2 aliphatic heterocycles. The predicted octanol–water partition coefficient (Wildman–Crippen LogP) is 1.75. The van der Waals surface area contributed by atoms with Crippen molar-refractivity contribution < 1.29 is 9.59 Å². The van der Waals surface area contributed by atoms with Gasteiger partial charge in [-0.1, -0.05) is 18.2 Å². The van der Waals surface area contributed by atoms with Gasteiger partial charge in [-0.05, 0) is 57.8 Å². The maximum Gasteiger partial charge on any atom is 0.302 e. The van der Waals surface area contributed by atoms with Crippen LogP contribution in [0.25, 0.3) is 10.1 Å². The molecule has 0 bridgehead atoms.